The molecule has 2 aromatic rings. The number of hydrogen-bond acceptors (Lipinski definition) is 5. The molecule has 0 saturated carbocycles. The summed E-state index contributed by atoms with van der Waals surface area (Å²) in [6, 6.07) is 1.62. The van der Waals surface area contributed by atoms with Crippen LogP contribution >= 0.6 is 0 Å². The van der Waals surface area contributed by atoms with Gasteiger partial charge in [-0.2, -0.15) is 0 Å². The predicted molar refractivity (Wildman–Crippen MR) is 55.3 cm³/mol. The minimum Gasteiger partial charge on any atom is -0.481 e. The minimum atomic E-state index is -0.988. The Balaban J connectivity index is 2.35. The molecule has 17 heavy (non-hydrogen) atoms. The average molecular weight is 238 g/mol. The second-order valence-electron chi connectivity index (χ2n) is 3.48. The third-order valence-corrected chi connectivity index (χ3v) is 2.16. The van der Waals surface area contributed by atoms with Crippen molar-refractivity contribution in [3.63, 3.8) is 0 Å². The molecule has 2 rings (SSSR count). The molecule has 0 radical (unpaired) electrons. The molecule has 2 heterocycles. The highest BCUT2D eigenvalue weighted by Gasteiger charge is 2.15. The Hall–Kier alpha value is -2.38. The molecule has 90 valence electrons. The molecule has 0 aliphatic rings. The lowest BCUT2D eigenvalue weighted by Gasteiger charge is -1.99. The molecule has 0 bridgehead atoms. The number of nitrogens with one attached hydrogen (secondary N) is 1. The van der Waals surface area contributed by atoms with Crippen LogP contribution in [0.1, 0.15) is 12.1 Å². The van der Waals surface area contributed by atoms with E-state index in [1.807, 2.05) is 0 Å². The highest BCUT2D eigenvalue weighted by molar-refractivity contribution is 5.66. The summed E-state index contributed by atoms with van der Waals surface area (Å²) in [5.74, 6) is -0.416. The maximum atomic E-state index is 11.4. The summed E-state index contributed by atoms with van der Waals surface area (Å²) in [5.41, 5.74) is 0.176. The molecule has 0 fully saturated rings. The first-order chi connectivity index (χ1) is 8.08. The molecular weight excluding hydrogens is 228 g/mol. The van der Waals surface area contributed by atoms with Crippen molar-refractivity contribution in [2.45, 2.75) is 19.9 Å². The zero-order valence-electron chi connectivity index (χ0n) is 9.01. The Labute approximate surface area is 94.9 Å². The van der Waals surface area contributed by atoms with Gasteiger partial charge in [0.25, 0.3) is 0 Å². The SMILES string of the molecule is Cc1cc(-c2n[nH]c(=O)n2CCC(=O)O)on1. The van der Waals surface area contributed by atoms with Crippen LogP contribution in [0.2, 0.25) is 0 Å². The van der Waals surface area contributed by atoms with E-state index in [0.717, 1.165) is 0 Å². The molecule has 2 aromatic heterocycles. The molecule has 2 N–H and O–H groups in total. The van der Waals surface area contributed by atoms with Crippen LogP contribution in [0, 0.1) is 6.92 Å². The summed E-state index contributed by atoms with van der Waals surface area (Å²) in [7, 11) is 0. The average Bonchev–Trinajstić information content (AvgIpc) is 2.82. The maximum absolute atomic E-state index is 11.4. The summed E-state index contributed by atoms with van der Waals surface area (Å²) in [4.78, 5) is 21.9. The second-order valence-corrected chi connectivity index (χ2v) is 3.48. The third-order valence-electron chi connectivity index (χ3n) is 2.16. The highest BCUT2D eigenvalue weighted by atomic mass is 16.5. The van der Waals surface area contributed by atoms with Gasteiger partial charge in [-0.25, -0.2) is 9.89 Å². The maximum Gasteiger partial charge on any atom is 0.343 e. The topological polar surface area (TPSA) is 114 Å². The Morgan fingerprint density at radius 1 is 1.65 bits per heavy atom. The lowest BCUT2D eigenvalue weighted by atomic mass is 10.3. The van der Waals surface area contributed by atoms with E-state index in [0.29, 0.717) is 11.5 Å². The summed E-state index contributed by atoms with van der Waals surface area (Å²) < 4.78 is 6.17. The van der Waals surface area contributed by atoms with Crippen molar-refractivity contribution in [3.8, 4) is 11.6 Å². The van der Waals surface area contributed by atoms with Gasteiger partial charge in [-0.3, -0.25) is 9.36 Å². The van der Waals surface area contributed by atoms with Gasteiger partial charge in [-0.15, -0.1) is 5.10 Å². The van der Waals surface area contributed by atoms with Crippen LogP contribution in [-0.4, -0.2) is 31.0 Å². The van der Waals surface area contributed by atoms with E-state index in [-0.39, 0.29) is 18.8 Å². The van der Waals surface area contributed by atoms with Crippen LogP contribution in [0.4, 0.5) is 0 Å². The first kappa shape index (κ1) is 11.1. The Morgan fingerprint density at radius 3 is 3.00 bits per heavy atom. The largest absolute Gasteiger partial charge is 0.481 e. The molecule has 0 aliphatic carbocycles. The smallest absolute Gasteiger partial charge is 0.343 e. The zero-order valence-corrected chi connectivity index (χ0v) is 9.01. The van der Waals surface area contributed by atoms with E-state index in [1.54, 1.807) is 13.0 Å². The van der Waals surface area contributed by atoms with Crippen LogP contribution in [-0.2, 0) is 11.3 Å². The van der Waals surface area contributed by atoms with Crippen LogP contribution in [0.15, 0.2) is 15.4 Å². The van der Waals surface area contributed by atoms with Gasteiger partial charge in [0.2, 0.25) is 11.6 Å². The number of aromatic nitrogens is 4. The molecular formula is C9H10N4O4. The van der Waals surface area contributed by atoms with E-state index in [4.69, 9.17) is 9.63 Å². The third kappa shape index (κ3) is 2.25. The van der Waals surface area contributed by atoms with Gasteiger partial charge in [-0.05, 0) is 6.92 Å². The number of hydrogen-bond donors (Lipinski definition) is 2. The van der Waals surface area contributed by atoms with Crippen molar-refractivity contribution >= 4 is 5.97 Å². The van der Waals surface area contributed by atoms with Gasteiger partial charge in [0.05, 0.1) is 12.1 Å². The van der Waals surface area contributed by atoms with Crippen molar-refractivity contribution in [1.82, 2.24) is 19.9 Å². The highest BCUT2D eigenvalue weighted by Crippen LogP contribution is 2.16. The van der Waals surface area contributed by atoms with E-state index in [9.17, 15) is 9.59 Å². The van der Waals surface area contributed by atoms with Crippen molar-refractivity contribution in [3.05, 3.63) is 22.2 Å². The van der Waals surface area contributed by atoms with E-state index >= 15 is 0 Å². The lowest BCUT2D eigenvalue weighted by Crippen LogP contribution is -2.19. The minimum absolute atomic E-state index is 0.0275. The quantitative estimate of drug-likeness (QED) is 0.775. The van der Waals surface area contributed by atoms with Crippen LogP contribution in [0.5, 0.6) is 0 Å². The molecule has 8 nitrogen and oxygen atoms in total. The molecule has 0 saturated heterocycles. The predicted octanol–water partition coefficient (Wildman–Crippen LogP) is 0.00952. The Bertz CT molecular complexity index is 594. The number of carboxylic acid groups (broad SMARTS) is 1. The molecule has 0 atom stereocenters. The number of aliphatic carboxylic acids is 1. The van der Waals surface area contributed by atoms with Gasteiger partial charge in [0, 0.05) is 12.6 Å². The van der Waals surface area contributed by atoms with Crippen molar-refractivity contribution < 1.29 is 14.4 Å². The van der Waals surface area contributed by atoms with E-state index < -0.39 is 11.7 Å². The standard InChI is InChI=1S/C9H10N4O4/c1-5-4-6(17-12-5)8-10-11-9(16)13(8)3-2-7(14)15/h4H,2-3H2,1H3,(H,11,16)(H,14,15). The van der Waals surface area contributed by atoms with Gasteiger partial charge >= 0.3 is 11.7 Å². The number of carboxylic acids is 1. The molecule has 8 heteroatoms. The van der Waals surface area contributed by atoms with Crippen LogP contribution < -0.4 is 5.69 Å². The molecule has 0 aromatic carbocycles. The van der Waals surface area contributed by atoms with Gasteiger partial charge in [-0.1, -0.05) is 5.16 Å². The van der Waals surface area contributed by atoms with Crippen molar-refractivity contribution in [2.75, 3.05) is 0 Å². The number of aryl methyl sites for hydroxylation is 1. The van der Waals surface area contributed by atoms with Gasteiger partial charge < -0.3 is 9.63 Å². The van der Waals surface area contributed by atoms with Gasteiger partial charge in [0.15, 0.2) is 0 Å². The zero-order chi connectivity index (χ0) is 12.4. The summed E-state index contributed by atoms with van der Waals surface area (Å²) in [6.45, 7) is 1.76. The monoisotopic (exact) mass is 238 g/mol. The molecule has 0 amide bonds. The van der Waals surface area contributed by atoms with Gasteiger partial charge in [0.1, 0.15) is 0 Å². The summed E-state index contributed by atoms with van der Waals surface area (Å²) in [6.07, 6.45) is -0.167. The van der Waals surface area contributed by atoms with Crippen molar-refractivity contribution in [1.29, 1.82) is 0 Å². The van der Waals surface area contributed by atoms with Crippen LogP contribution in [0.3, 0.4) is 0 Å². The number of H-pyrrole nitrogens is 1. The Morgan fingerprint density at radius 2 is 2.41 bits per heavy atom. The van der Waals surface area contributed by atoms with Crippen LogP contribution in [0.25, 0.3) is 11.6 Å². The molecule has 0 aliphatic heterocycles. The lowest BCUT2D eigenvalue weighted by molar-refractivity contribution is -0.137. The van der Waals surface area contributed by atoms with E-state index in [1.165, 1.54) is 4.57 Å². The molecule has 0 spiro atoms. The normalized spacial score (nSPS) is 10.6. The molecule has 0 unspecified atom stereocenters. The van der Waals surface area contributed by atoms with E-state index in [2.05, 4.69) is 15.4 Å². The summed E-state index contributed by atoms with van der Waals surface area (Å²) >= 11 is 0. The Kier molecular flexibility index (Phi) is 2.77. The number of aromatic amines is 1. The fraction of sp³-hybridized carbons (Fsp3) is 0.333. The number of rotatable bonds is 4. The number of nitrogens with zero attached hydrogens (tertiary/aromatic N) is 3. The summed E-state index contributed by atoms with van der Waals surface area (Å²) in [5, 5.41) is 18.3. The number of carbonyl (C=O) groups is 1. The fourth-order valence-corrected chi connectivity index (χ4v) is 1.39. The fourth-order valence-electron chi connectivity index (χ4n) is 1.39. The first-order valence-corrected chi connectivity index (χ1v) is 4.88. The second kappa shape index (κ2) is 4.24. The first-order valence-electron chi connectivity index (χ1n) is 4.88. The van der Waals surface area contributed by atoms with Crippen molar-refractivity contribution in [2.24, 2.45) is 0 Å².